The van der Waals surface area contributed by atoms with Gasteiger partial charge in [0.25, 0.3) is 5.78 Å². The van der Waals surface area contributed by atoms with Gasteiger partial charge < -0.3 is 5.11 Å². The smallest absolute Gasteiger partial charge is 0.301 e. The van der Waals surface area contributed by atoms with Crippen LogP contribution in [0.3, 0.4) is 0 Å². The van der Waals surface area contributed by atoms with Crippen LogP contribution in [0.2, 0.25) is 0 Å². The lowest BCUT2D eigenvalue weighted by atomic mass is 9.91. The van der Waals surface area contributed by atoms with Crippen LogP contribution in [0, 0.1) is 13.8 Å². The van der Waals surface area contributed by atoms with E-state index in [1.165, 1.54) is 16.2 Å². The van der Waals surface area contributed by atoms with Gasteiger partial charge >= 0.3 is 5.91 Å². The number of aromatic nitrogens is 2. The van der Waals surface area contributed by atoms with Gasteiger partial charge in [-0.15, -0.1) is 10.2 Å². The SMILES string of the molecule is Cc1ccc(C(O)=C2C(=O)C(=O)N(c3nnc(C)s3)[C@H]2c2cccc3ccccc23)cc1. The molecule has 6 nitrogen and oxygen atoms in total. The third kappa shape index (κ3) is 3.18. The van der Waals surface area contributed by atoms with Crippen LogP contribution in [0.5, 0.6) is 0 Å². The topological polar surface area (TPSA) is 83.4 Å². The van der Waals surface area contributed by atoms with E-state index in [9.17, 15) is 14.7 Å². The molecule has 7 heteroatoms. The number of aryl methyl sites for hydroxylation is 2. The molecule has 158 valence electrons. The molecule has 1 atom stereocenters. The number of fused-ring (bicyclic) bond motifs is 1. The fourth-order valence-corrected chi connectivity index (χ4v) is 4.78. The minimum atomic E-state index is -0.824. The minimum Gasteiger partial charge on any atom is -0.507 e. The predicted molar refractivity (Wildman–Crippen MR) is 125 cm³/mol. The lowest BCUT2D eigenvalue weighted by molar-refractivity contribution is -0.132. The summed E-state index contributed by atoms with van der Waals surface area (Å²) in [5.41, 5.74) is 2.29. The van der Waals surface area contributed by atoms with Crippen LogP contribution in [-0.2, 0) is 9.59 Å². The Labute approximate surface area is 188 Å². The number of aliphatic hydroxyl groups excluding tert-OH is 1. The standard InChI is InChI=1S/C25H19N3O3S/c1-14-10-12-17(13-11-14)22(29)20-21(19-9-5-7-16-6-3-4-8-18(16)19)28(24(31)23(20)30)25-27-26-15(2)32-25/h3-13,21,29H,1-2H3/t21-/m0/s1. The summed E-state index contributed by atoms with van der Waals surface area (Å²) in [5, 5.41) is 22.3. The minimum absolute atomic E-state index is 0.0445. The maximum absolute atomic E-state index is 13.2. The Hall–Kier alpha value is -3.84. The van der Waals surface area contributed by atoms with E-state index >= 15 is 0 Å². The van der Waals surface area contributed by atoms with Crippen molar-refractivity contribution in [3.05, 3.63) is 94.0 Å². The van der Waals surface area contributed by atoms with Crippen molar-refractivity contribution in [1.82, 2.24) is 10.2 Å². The Morgan fingerprint density at radius 3 is 2.38 bits per heavy atom. The number of benzene rings is 3. The molecule has 0 radical (unpaired) electrons. The normalized spacial score (nSPS) is 17.9. The number of hydrogen-bond donors (Lipinski definition) is 1. The first kappa shape index (κ1) is 20.1. The molecule has 1 N–H and O–H groups in total. The molecule has 2 heterocycles. The molecule has 0 bridgehead atoms. The summed E-state index contributed by atoms with van der Waals surface area (Å²) in [6.45, 7) is 3.73. The summed E-state index contributed by atoms with van der Waals surface area (Å²) in [6.07, 6.45) is 0. The zero-order chi connectivity index (χ0) is 22.4. The van der Waals surface area contributed by atoms with Crippen molar-refractivity contribution in [2.45, 2.75) is 19.9 Å². The molecule has 1 aromatic heterocycles. The monoisotopic (exact) mass is 441 g/mol. The van der Waals surface area contributed by atoms with Crippen LogP contribution >= 0.6 is 11.3 Å². The van der Waals surface area contributed by atoms with Crippen molar-refractivity contribution in [3.63, 3.8) is 0 Å². The predicted octanol–water partition coefficient (Wildman–Crippen LogP) is 4.93. The van der Waals surface area contributed by atoms with Gasteiger partial charge in [0.2, 0.25) is 5.13 Å². The molecule has 1 saturated heterocycles. The first-order valence-corrected chi connectivity index (χ1v) is 10.9. The highest BCUT2D eigenvalue weighted by atomic mass is 32.1. The highest BCUT2D eigenvalue weighted by molar-refractivity contribution is 7.15. The number of amides is 1. The summed E-state index contributed by atoms with van der Waals surface area (Å²) >= 11 is 1.23. The number of ketones is 1. The maximum atomic E-state index is 13.2. The second kappa shape index (κ2) is 7.69. The van der Waals surface area contributed by atoms with Crippen molar-refractivity contribution in [2.75, 3.05) is 4.90 Å². The van der Waals surface area contributed by atoms with Crippen molar-refractivity contribution in [3.8, 4) is 0 Å². The fraction of sp³-hybridized carbons (Fsp3) is 0.120. The van der Waals surface area contributed by atoms with Gasteiger partial charge in [-0.2, -0.15) is 0 Å². The van der Waals surface area contributed by atoms with Crippen LogP contribution < -0.4 is 4.90 Å². The number of carbonyl (C=O) groups excluding carboxylic acids is 2. The summed E-state index contributed by atoms with van der Waals surface area (Å²) < 4.78 is 0. The number of nitrogens with zero attached hydrogens (tertiary/aromatic N) is 3. The Balaban J connectivity index is 1.80. The van der Waals surface area contributed by atoms with E-state index in [4.69, 9.17) is 0 Å². The second-order valence-corrected chi connectivity index (χ2v) is 8.87. The number of rotatable bonds is 3. The molecular weight excluding hydrogens is 422 g/mol. The lowest BCUT2D eigenvalue weighted by Crippen LogP contribution is -2.29. The molecule has 32 heavy (non-hydrogen) atoms. The van der Waals surface area contributed by atoms with Gasteiger partial charge in [0.05, 0.1) is 11.6 Å². The molecule has 3 aromatic carbocycles. The zero-order valence-corrected chi connectivity index (χ0v) is 18.3. The molecule has 1 aliphatic rings. The van der Waals surface area contributed by atoms with Gasteiger partial charge in [-0.25, -0.2) is 0 Å². The number of anilines is 1. The van der Waals surface area contributed by atoms with Crippen LogP contribution in [0.4, 0.5) is 5.13 Å². The van der Waals surface area contributed by atoms with Crippen LogP contribution in [0.1, 0.15) is 27.7 Å². The highest BCUT2D eigenvalue weighted by Gasteiger charge is 2.48. The van der Waals surface area contributed by atoms with Crippen molar-refractivity contribution < 1.29 is 14.7 Å². The lowest BCUT2D eigenvalue weighted by Gasteiger charge is -2.24. The maximum Gasteiger partial charge on any atom is 0.301 e. The number of aliphatic hydroxyl groups is 1. The molecular formula is C25H19N3O3S. The van der Waals surface area contributed by atoms with E-state index < -0.39 is 17.7 Å². The van der Waals surface area contributed by atoms with Crippen molar-refractivity contribution >= 4 is 44.7 Å². The summed E-state index contributed by atoms with van der Waals surface area (Å²) in [6, 6.07) is 19.9. The van der Waals surface area contributed by atoms with Gasteiger partial charge in [-0.1, -0.05) is 83.6 Å². The third-order valence-corrected chi connectivity index (χ3v) is 6.45. The summed E-state index contributed by atoms with van der Waals surface area (Å²) in [5.74, 6) is -1.67. The average molecular weight is 442 g/mol. The van der Waals surface area contributed by atoms with Crippen LogP contribution in [-0.4, -0.2) is 27.0 Å². The van der Waals surface area contributed by atoms with E-state index in [1.807, 2.05) is 61.5 Å². The first-order valence-electron chi connectivity index (χ1n) is 10.1. The Kier molecular flexibility index (Phi) is 4.83. The molecule has 0 unspecified atom stereocenters. The third-order valence-electron chi connectivity index (χ3n) is 5.61. The summed E-state index contributed by atoms with van der Waals surface area (Å²) in [7, 11) is 0. The Bertz CT molecular complexity index is 1400. The van der Waals surface area contributed by atoms with Gasteiger partial charge in [0.1, 0.15) is 10.8 Å². The molecule has 5 rings (SSSR count). The fourth-order valence-electron chi connectivity index (χ4n) is 4.06. The molecule has 0 spiro atoms. The van der Waals surface area contributed by atoms with Gasteiger partial charge in [-0.3, -0.25) is 14.5 Å². The van der Waals surface area contributed by atoms with Gasteiger partial charge in [0.15, 0.2) is 0 Å². The number of hydrogen-bond acceptors (Lipinski definition) is 6. The second-order valence-electron chi connectivity index (χ2n) is 7.71. The Morgan fingerprint density at radius 1 is 0.938 bits per heavy atom. The van der Waals surface area contributed by atoms with Crippen LogP contribution in [0.15, 0.2) is 72.3 Å². The quantitative estimate of drug-likeness (QED) is 0.277. The highest BCUT2D eigenvalue weighted by Crippen LogP contribution is 2.44. The molecule has 1 amide bonds. The zero-order valence-electron chi connectivity index (χ0n) is 17.4. The average Bonchev–Trinajstić information content (AvgIpc) is 3.34. The van der Waals surface area contributed by atoms with E-state index in [0.29, 0.717) is 15.7 Å². The number of Topliss-reactive ketones (excluding diaryl/α,β-unsaturated/α-hetero) is 1. The molecule has 0 aliphatic carbocycles. The van der Waals surface area contributed by atoms with E-state index in [2.05, 4.69) is 10.2 Å². The first-order chi connectivity index (χ1) is 15.5. The molecule has 1 fully saturated rings. The largest absolute Gasteiger partial charge is 0.507 e. The van der Waals surface area contributed by atoms with Gasteiger partial charge in [0, 0.05) is 5.56 Å². The molecule has 0 saturated carbocycles. The van der Waals surface area contributed by atoms with Crippen LogP contribution in [0.25, 0.3) is 16.5 Å². The van der Waals surface area contributed by atoms with E-state index in [1.54, 1.807) is 19.1 Å². The number of carbonyl (C=O) groups is 2. The van der Waals surface area contributed by atoms with Gasteiger partial charge in [-0.05, 0) is 30.2 Å². The van der Waals surface area contributed by atoms with E-state index in [0.717, 1.165) is 21.9 Å². The van der Waals surface area contributed by atoms with E-state index in [-0.39, 0.29) is 11.3 Å². The van der Waals surface area contributed by atoms with Crippen molar-refractivity contribution in [1.29, 1.82) is 0 Å². The van der Waals surface area contributed by atoms with Crippen molar-refractivity contribution in [2.24, 2.45) is 0 Å². The molecule has 4 aromatic rings. The Morgan fingerprint density at radius 2 is 1.66 bits per heavy atom. The molecule has 1 aliphatic heterocycles. The summed E-state index contributed by atoms with van der Waals surface area (Å²) in [4.78, 5) is 27.8.